The SMILES string of the molecule is Brc1cccc2nc(C3Cc4nc[nH]c4CN3)oc12. The molecule has 5 nitrogen and oxygen atoms in total. The third-order valence-electron chi connectivity index (χ3n) is 3.41. The van der Waals surface area contributed by atoms with Crippen LogP contribution in [0.5, 0.6) is 0 Å². The van der Waals surface area contributed by atoms with Crippen molar-refractivity contribution in [1.82, 2.24) is 20.3 Å². The van der Waals surface area contributed by atoms with Gasteiger partial charge in [0.05, 0.1) is 28.2 Å². The second kappa shape index (κ2) is 4.18. The van der Waals surface area contributed by atoms with Crippen molar-refractivity contribution < 1.29 is 4.42 Å². The number of halogens is 1. The molecule has 1 unspecified atom stereocenters. The van der Waals surface area contributed by atoms with Crippen LogP contribution in [-0.4, -0.2) is 15.0 Å². The molecule has 0 aliphatic carbocycles. The molecule has 0 spiro atoms. The Kier molecular flexibility index (Phi) is 2.46. The lowest BCUT2D eigenvalue weighted by atomic mass is 10.1. The third kappa shape index (κ3) is 1.79. The zero-order chi connectivity index (χ0) is 12.8. The molecule has 1 aliphatic heterocycles. The van der Waals surface area contributed by atoms with E-state index in [1.807, 2.05) is 18.2 Å². The zero-order valence-electron chi connectivity index (χ0n) is 9.98. The van der Waals surface area contributed by atoms with Crippen LogP contribution in [0.4, 0.5) is 0 Å². The van der Waals surface area contributed by atoms with Gasteiger partial charge < -0.3 is 9.40 Å². The Morgan fingerprint density at radius 3 is 3.21 bits per heavy atom. The highest BCUT2D eigenvalue weighted by atomic mass is 79.9. The lowest BCUT2D eigenvalue weighted by Crippen LogP contribution is -2.28. The van der Waals surface area contributed by atoms with Gasteiger partial charge >= 0.3 is 0 Å². The summed E-state index contributed by atoms with van der Waals surface area (Å²) in [6.07, 6.45) is 2.53. The molecule has 4 rings (SSSR count). The van der Waals surface area contributed by atoms with Crippen LogP contribution in [0, 0.1) is 0 Å². The van der Waals surface area contributed by atoms with Crippen molar-refractivity contribution in [3.63, 3.8) is 0 Å². The number of aromatic amines is 1. The highest BCUT2D eigenvalue weighted by Gasteiger charge is 2.25. The van der Waals surface area contributed by atoms with Crippen LogP contribution in [-0.2, 0) is 13.0 Å². The van der Waals surface area contributed by atoms with Gasteiger partial charge in [-0.25, -0.2) is 9.97 Å². The number of aromatic nitrogens is 3. The maximum absolute atomic E-state index is 5.87. The van der Waals surface area contributed by atoms with Crippen LogP contribution in [0.3, 0.4) is 0 Å². The Balaban J connectivity index is 1.74. The first-order valence-corrected chi connectivity index (χ1v) is 6.90. The largest absolute Gasteiger partial charge is 0.438 e. The van der Waals surface area contributed by atoms with Gasteiger partial charge in [0.1, 0.15) is 5.52 Å². The van der Waals surface area contributed by atoms with Gasteiger partial charge in [0.2, 0.25) is 5.89 Å². The summed E-state index contributed by atoms with van der Waals surface area (Å²) < 4.78 is 6.80. The van der Waals surface area contributed by atoms with Crippen molar-refractivity contribution in [3.05, 3.63) is 46.3 Å². The van der Waals surface area contributed by atoms with Gasteiger partial charge in [0.25, 0.3) is 0 Å². The Bertz CT molecular complexity index is 748. The smallest absolute Gasteiger partial charge is 0.213 e. The Hall–Kier alpha value is -1.66. The molecule has 0 saturated carbocycles. The number of imidazole rings is 1. The van der Waals surface area contributed by atoms with Gasteiger partial charge in [0.15, 0.2) is 5.58 Å². The molecular formula is C13H11BrN4O. The molecule has 0 bridgehead atoms. The Labute approximate surface area is 117 Å². The van der Waals surface area contributed by atoms with E-state index in [0.29, 0.717) is 0 Å². The van der Waals surface area contributed by atoms with Crippen LogP contribution in [0.2, 0.25) is 0 Å². The summed E-state index contributed by atoms with van der Waals surface area (Å²) in [5, 5.41) is 3.42. The number of benzene rings is 1. The summed E-state index contributed by atoms with van der Waals surface area (Å²) in [5.74, 6) is 0.718. The van der Waals surface area contributed by atoms with E-state index in [-0.39, 0.29) is 6.04 Å². The highest BCUT2D eigenvalue weighted by molar-refractivity contribution is 9.10. The minimum Gasteiger partial charge on any atom is -0.438 e. The maximum atomic E-state index is 5.87. The summed E-state index contributed by atoms with van der Waals surface area (Å²) in [5.41, 5.74) is 3.91. The number of hydrogen-bond donors (Lipinski definition) is 2. The summed E-state index contributed by atoms with van der Waals surface area (Å²) in [4.78, 5) is 12.0. The number of oxazole rings is 1. The van der Waals surface area contributed by atoms with Gasteiger partial charge in [-0.15, -0.1) is 0 Å². The van der Waals surface area contributed by atoms with Gasteiger partial charge in [-0.1, -0.05) is 6.07 Å². The number of H-pyrrole nitrogens is 1. The number of rotatable bonds is 1. The van der Waals surface area contributed by atoms with Gasteiger partial charge in [-0.2, -0.15) is 0 Å². The fourth-order valence-corrected chi connectivity index (χ4v) is 2.86. The summed E-state index contributed by atoms with van der Waals surface area (Å²) in [6.45, 7) is 0.764. The monoisotopic (exact) mass is 318 g/mol. The minimum atomic E-state index is 0.0788. The number of nitrogens with one attached hydrogen (secondary N) is 2. The molecule has 0 amide bonds. The highest BCUT2D eigenvalue weighted by Crippen LogP contribution is 2.29. The lowest BCUT2D eigenvalue weighted by molar-refractivity contribution is 0.390. The fraction of sp³-hybridized carbons (Fsp3) is 0.231. The number of hydrogen-bond acceptors (Lipinski definition) is 4. The molecule has 1 aliphatic rings. The predicted octanol–water partition coefficient (Wildman–Crippen LogP) is 2.70. The molecular weight excluding hydrogens is 308 g/mol. The fourth-order valence-electron chi connectivity index (χ4n) is 2.43. The molecule has 0 saturated heterocycles. The minimum absolute atomic E-state index is 0.0788. The summed E-state index contributed by atoms with van der Waals surface area (Å²) in [6, 6.07) is 5.95. The van der Waals surface area contributed by atoms with Crippen LogP contribution in [0.1, 0.15) is 23.3 Å². The Morgan fingerprint density at radius 2 is 2.32 bits per heavy atom. The molecule has 2 N–H and O–H groups in total. The van der Waals surface area contributed by atoms with E-state index >= 15 is 0 Å². The van der Waals surface area contributed by atoms with Crippen LogP contribution in [0.15, 0.2) is 33.4 Å². The molecule has 96 valence electrons. The first-order valence-electron chi connectivity index (χ1n) is 6.11. The van der Waals surface area contributed by atoms with E-state index in [0.717, 1.165) is 45.8 Å². The van der Waals surface area contributed by atoms with Crippen molar-refractivity contribution in [2.24, 2.45) is 0 Å². The van der Waals surface area contributed by atoms with Crippen molar-refractivity contribution in [2.75, 3.05) is 0 Å². The molecule has 3 heterocycles. The average molecular weight is 319 g/mol. The van der Waals surface area contributed by atoms with Crippen LogP contribution in [0.25, 0.3) is 11.1 Å². The molecule has 1 atom stereocenters. The van der Waals surface area contributed by atoms with E-state index in [1.54, 1.807) is 6.33 Å². The zero-order valence-corrected chi connectivity index (χ0v) is 11.6. The van der Waals surface area contributed by atoms with E-state index in [9.17, 15) is 0 Å². The van der Waals surface area contributed by atoms with Crippen molar-refractivity contribution >= 4 is 27.0 Å². The third-order valence-corrected chi connectivity index (χ3v) is 4.04. The van der Waals surface area contributed by atoms with Gasteiger partial charge in [-0.3, -0.25) is 5.32 Å². The first kappa shape index (κ1) is 11.2. The molecule has 1 aromatic carbocycles. The van der Waals surface area contributed by atoms with Gasteiger partial charge in [-0.05, 0) is 28.1 Å². The molecule has 0 fully saturated rings. The van der Waals surface area contributed by atoms with E-state index in [4.69, 9.17) is 4.42 Å². The Morgan fingerprint density at radius 1 is 1.37 bits per heavy atom. The quantitative estimate of drug-likeness (QED) is 0.724. The summed E-state index contributed by atoms with van der Waals surface area (Å²) >= 11 is 3.48. The van der Waals surface area contributed by atoms with Crippen LogP contribution >= 0.6 is 15.9 Å². The normalized spacial score (nSPS) is 18.7. The van der Waals surface area contributed by atoms with Crippen molar-refractivity contribution in [1.29, 1.82) is 0 Å². The number of fused-ring (bicyclic) bond motifs is 2. The standard InChI is InChI=1S/C13H11BrN4O/c14-7-2-1-3-8-12(7)19-13(18-8)10-4-9-11(5-15-10)17-6-16-9/h1-3,6,10,15H,4-5H2,(H,16,17). The molecule has 2 aromatic heterocycles. The maximum Gasteiger partial charge on any atom is 0.213 e. The number of nitrogens with zero attached hydrogens (tertiary/aromatic N) is 2. The molecule has 3 aromatic rings. The van der Waals surface area contributed by atoms with Crippen molar-refractivity contribution in [2.45, 2.75) is 19.0 Å². The number of para-hydroxylation sites is 1. The van der Waals surface area contributed by atoms with Crippen molar-refractivity contribution in [3.8, 4) is 0 Å². The van der Waals surface area contributed by atoms with E-state index in [2.05, 4.69) is 36.2 Å². The topological polar surface area (TPSA) is 66.7 Å². The molecule has 19 heavy (non-hydrogen) atoms. The molecule has 6 heteroatoms. The average Bonchev–Trinajstić information content (AvgIpc) is 3.04. The van der Waals surface area contributed by atoms with Gasteiger partial charge in [0, 0.05) is 13.0 Å². The second-order valence-electron chi connectivity index (χ2n) is 4.61. The summed E-state index contributed by atoms with van der Waals surface area (Å²) in [7, 11) is 0. The van der Waals surface area contributed by atoms with E-state index < -0.39 is 0 Å². The predicted molar refractivity (Wildman–Crippen MR) is 73.6 cm³/mol. The van der Waals surface area contributed by atoms with E-state index in [1.165, 1.54) is 0 Å². The molecule has 0 radical (unpaired) electrons. The van der Waals surface area contributed by atoms with Crippen LogP contribution < -0.4 is 5.32 Å². The first-order chi connectivity index (χ1) is 9.31. The lowest BCUT2D eigenvalue weighted by Gasteiger charge is -2.19. The second-order valence-corrected chi connectivity index (χ2v) is 5.46.